The van der Waals surface area contributed by atoms with Gasteiger partial charge in [-0.25, -0.2) is 4.98 Å². The fourth-order valence-electron chi connectivity index (χ4n) is 2.87. The van der Waals surface area contributed by atoms with Gasteiger partial charge in [0.15, 0.2) is 0 Å². The van der Waals surface area contributed by atoms with Crippen molar-refractivity contribution < 1.29 is 9.53 Å². The molecule has 1 N–H and O–H groups in total. The minimum absolute atomic E-state index is 0.226. The summed E-state index contributed by atoms with van der Waals surface area (Å²) in [5.74, 6) is 0.195. The van der Waals surface area contributed by atoms with Gasteiger partial charge in [-0.1, -0.05) is 11.6 Å². The van der Waals surface area contributed by atoms with Gasteiger partial charge in [-0.05, 0) is 32.3 Å². The summed E-state index contributed by atoms with van der Waals surface area (Å²) in [6, 6.07) is 5.22. The summed E-state index contributed by atoms with van der Waals surface area (Å²) in [7, 11) is 6.99. The molecular formula is C19H21ClN4O3. The molecular weight excluding hydrogens is 368 g/mol. The van der Waals surface area contributed by atoms with E-state index >= 15 is 0 Å². The fourth-order valence-corrected chi connectivity index (χ4v) is 3.16. The van der Waals surface area contributed by atoms with E-state index in [0.717, 1.165) is 0 Å². The summed E-state index contributed by atoms with van der Waals surface area (Å²) in [6.07, 6.45) is 1.50. The molecule has 0 radical (unpaired) electrons. The summed E-state index contributed by atoms with van der Waals surface area (Å²) in [6.45, 7) is 1.19. The average Bonchev–Trinajstić information content (AvgIpc) is 2.63. The summed E-state index contributed by atoms with van der Waals surface area (Å²) >= 11 is 6.39. The number of carbonyl (C=O) groups is 1. The standard InChI is InChI=1S/C19H21ClN4O3/c1-23(2)8-7-21-18(25)13-10-24(3)19(26)12-9-11-5-6-14(27-4)15(20)16(11)22-17(12)13/h5-6,9-10H,7-8H2,1-4H3,(H,21,25). The van der Waals surface area contributed by atoms with Gasteiger partial charge in [-0.2, -0.15) is 0 Å². The van der Waals surface area contributed by atoms with Crippen molar-refractivity contribution in [1.82, 2.24) is 19.8 Å². The fraction of sp³-hybridized carbons (Fsp3) is 0.316. The zero-order valence-corrected chi connectivity index (χ0v) is 16.4. The zero-order chi connectivity index (χ0) is 19.7. The number of benzene rings is 1. The van der Waals surface area contributed by atoms with Gasteiger partial charge in [0.05, 0.1) is 29.1 Å². The number of rotatable bonds is 5. The van der Waals surface area contributed by atoms with Crippen molar-refractivity contribution in [2.45, 2.75) is 0 Å². The van der Waals surface area contributed by atoms with Gasteiger partial charge in [0.1, 0.15) is 10.8 Å². The van der Waals surface area contributed by atoms with Crippen molar-refractivity contribution in [3.05, 3.63) is 45.3 Å². The largest absolute Gasteiger partial charge is 0.495 e. The van der Waals surface area contributed by atoms with Crippen LogP contribution in [0.25, 0.3) is 21.8 Å². The van der Waals surface area contributed by atoms with Crippen LogP contribution in [0.4, 0.5) is 0 Å². The number of ether oxygens (including phenoxy) is 1. The van der Waals surface area contributed by atoms with Crippen molar-refractivity contribution in [2.24, 2.45) is 7.05 Å². The number of amides is 1. The number of aryl methyl sites for hydroxylation is 1. The van der Waals surface area contributed by atoms with Gasteiger partial charge in [0.25, 0.3) is 11.5 Å². The van der Waals surface area contributed by atoms with Crippen LogP contribution in [0.3, 0.4) is 0 Å². The first kappa shape index (κ1) is 19.1. The van der Waals surface area contributed by atoms with Gasteiger partial charge in [0.2, 0.25) is 0 Å². The van der Waals surface area contributed by atoms with E-state index in [2.05, 4.69) is 10.3 Å². The van der Waals surface area contributed by atoms with Crippen molar-refractivity contribution in [3.8, 4) is 5.75 Å². The van der Waals surface area contributed by atoms with E-state index in [1.807, 2.05) is 19.0 Å². The second-order valence-electron chi connectivity index (χ2n) is 6.56. The van der Waals surface area contributed by atoms with Crippen LogP contribution in [0.2, 0.25) is 5.02 Å². The topological polar surface area (TPSA) is 76.5 Å². The lowest BCUT2D eigenvalue weighted by molar-refractivity contribution is 0.0952. The van der Waals surface area contributed by atoms with Crippen LogP contribution in [0.1, 0.15) is 10.4 Å². The van der Waals surface area contributed by atoms with Crippen LogP contribution >= 0.6 is 11.6 Å². The van der Waals surface area contributed by atoms with E-state index in [9.17, 15) is 9.59 Å². The van der Waals surface area contributed by atoms with E-state index in [1.54, 1.807) is 25.2 Å². The monoisotopic (exact) mass is 388 g/mol. The Morgan fingerprint density at radius 1 is 1.33 bits per heavy atom. The van der Waals surface area contributed by atoms with Gasteiger partial charge < -0.3 is 19.5 Å². The number of hydrogen-bond acceptors (Lipinski definition) is 5. The van der Waals surface area contributed by atoms with Crippen LogP contribution < -0.4 is 15.6 Å². The number of nitrogens with zero attached hydrogens (tertiary/aromatic N) is 3. The molecule has 1 aromatic carbocycles. The first-order valence-corrected chi connectivity index (χ1v) is 8.80. The molecule has 0 aliphatic heterocycles. The quantitative estimate of drug-likeness (QED) is 0.677. The molecule has 0 saturated heterocycles. The highest BCUT2D eigenvalue weighted by Gasteiger charge is 2.18. The second-order valence-corrected chi connectivity index (χ2v) is 6.93. The third kappa shape index (κ3) is 3.61. The van der Waals surface area contributed by atoms with Gasteiger partial charge in [0, 0.05) is 31.7 Å². The first-order chi connectivity index (χ1) is 12.8. The molecule has 0 unspecified atom stereocenters. The maximum atomic E-state index is 12.7. The molecule has 0 aliphatic carbocycles. The summed E-state index contributed by atoms with van der Waals surface area (Å²) in [5.41, 5.74) is 0.907. The third-order valence-corrected chi connectivity index (χ3v) is 4.69. The number of nitrogens with one attached hydrogen (secondary N) is 1. The number of likely N-dealkylation sites (N-methyl/N-ethyl adjacent to an activating group) is 1. The van der Waals surface area contributed by atoms with Crippen molar-refractivity contribution in [2.75, 3.05) is 34.3 Å². The van der Waals surface area contributed by atoms with E-state index in [0.29, 0.717) is 51.2 Å². The number of methoxy groups -OCH3 is 1. The lowest BCUT2D eigenvalue weighted by Gasteiger charge is -2.13. The van der Waals surface area contributed by atoms with Crippen LogP contribution in [-0.2, 0) is 7.05 Å². The predicted molar refractivity (Wildman–Crippen MR) is 107 cm³/mol. The molecule has 0 bridgehead atoms. The summed E-state index contributed by atoms with van der Waals surface area (Å²) < 4.78 is 6.63. The Morgan fingerprint density at radius 2 is 2.07 bits per heavy atom. The Balaban J connectivity index is 2.21. The molecule has 8 heteroatoms. The molecule has 0 aliphatic rings. The number of carbonyl (C=O) groups excluding carboxylic acids is 1. The molecule has 0 spiro atoms. The zero-order valence-electron chi connectivity index (χ0n) is 15.7. The number of halogens is 1. The summed E-state index contributed by atoms with van der Waals surface area (Å²) in [5, 5.41) is 4.28. The van der Waals surface area contributed by atoms with E-state index in [1.165, 1.54) is 17.9 Å². The maximum absolute atomic E-state index is 12.7. The Kier molecular flexibility index (Phi) is 5.34. The van der Waals surface area contributed by atoms with Crippen LogP contribution in [0, 0.1) is 0 Å². The third-order valence-electron chi connectivity index (χ3n) is 4.33. The Morgan fingerprint density at radius 3 is 2.74 bits per heavy atom. The lowest BCUT2D eigenvalue weighted by atomic mass is 10.1. The number of pyridine rings is 2. The molecule has 0 saturated carbocycles. The highest BCUT2D eigenvalue weighted by molar-refractivity contribution is 6.36. The van der Waals surface area contributed by atoms with Crippen molar-refractivity contribution >= 4 is 39.3 Å². The van der Waals surface area contributed by atoms with E-state index in [4.69, 9.17) is 16.3 Å². The van der Waals surface area contributed by atoms with Gasteiger partial charge >= 0.3 is 0 Å². The Labute approximate surface area is 161 Å². The molecule has 3 aromatic rings. The van der Waals surface area contributed by atoms with Crippen LogP contribution in [0.15, 0.2) is 29.2 Å². The molecule has 2 heterocycles. The van der Waals surface area contributed by atoms with Gasteiger partial charge in [-0.15, -0.1) is 0 Å². The van der Waals surface area contributed by atoms with E-state index in [-0.39, 0.29) is 11.5 Å². The van der Waals surface area contributed by atoms with Crippen LogP contribution in [-0.4, -0.2) is 54.7 Å². The first-order valence-electron chi connectivity index (χ1n) is 8.43. The SMILES string of the molecule is COc1ccc2cc3c(=O)n(C)cc(C(=O)NCCN(C)C)c3nc2c1Cl. The highest BCUT2D eigenvalue weighted by atomic mass is 35.5. The second kappa shape index (κ2) is 7.54. The number of aromatic nitrogens is 2. The number of fused-ring (bicyclic) bond motifs is 2. The predicted octanol–water partition coefficient (Wildman–Crippen LogP) is 2.04. The smallest absolute Gasteiger partial charge is 0.259 e. The average molecular weight is 389 g/mol. The molecule has 0 fully saturated rings. The molecule has 27 heavy (non-hydrogen) atoms. The Bertz CT molecular complexity index is 1090. The number of hydrogen-bond donors (Lipinski definition) is 1. The highest BCUT2D eigenvalue weighted by Crippen LogP contribution is 2.33. The van der Waals surface area contributed by atoms with Crippen molar-refractivity contribution in [1.29, 1.82) is 0 Å². The molecule has 0 atom stereocenters. The molecule has 1 amide bonds. The Hall–Kier alpha value is -2.64. The molecule has 7 nitrogen and oxygen atoms in total. The van der Waals surface area contributed by atoms with Gasteiger partial charge in [-0.3, -0.25) is 9.59 Å². The van der Waals surface area contributed by atoms with Crippen molar-refractivity contribution in [3.63, 3.8) is 0 Å². The lowest BCUT2D eigenvalue weighted by Crippen LogP contribution is -2.32. The minimum atomic E-state index is -0.289. The minimum Gasteiger partial charge on any atom is -0.495 e. The van der Waals surface area contributed by atoms with E-state index < -0.39 is 0 Å². The summed E-state index contributed by atoms with van der Waals surface area (Å²) in [4.78, 5) is 31.8. The normalized spacial score (nSPS) is 11.3. The van der Waals surface area contributed by atoms with Crippen LogP contribution in [0.5, 0.6) is 5.75 Å². The maximum Gasteiger partial charge on any atom is 0.259 e. The molecule has 2 aromatic heterocycles. The molecule has 3 rings (SSSR count). The molecule has 142 valence electrons.